The lowest BCUT2D eigenvalue weighted by atomic mass is 9.76. The van der Waals surface area contributed by atoms with Crippen molar-refractivity contribution in [2.24, 2.45) is 5.41 Å². The van der Waals surface area contributed by atoms with Crippen LogP contribution in [0, 0.1) is 5.41 Å². The molecule has 1 atom stereocenters. The minimum Gasteiger partial charge on any atom is -0.316 e. The van der Waals surface area contributed by atoms with E-state index in [9.17, 15) is 0 Å². The zero-order valence-electron chi connectivity index (χ0n) is 14.5. The first-order chi connectivity index (χ1) is 10.1. The smallest absolute Gasteiger partial charge is 0.0110 e. The first-order valence-electron chi connectivity index (χ1n) is 8.94. The third-order valence-corrected chi connectivity index (χ3v) is 5.23. The molecule has 0 radical (unpaired) electrons. The van der Waals surface area contributed by atoms with Crippen LogP contribution in [0.25, 0.3) is 0 Å². The largest absolute Gasteiger partial charge is 0.316 e. The molecule has 124 valence electrons. The predicted octanol–water partition coefficient (Wildman–Crippen LogP) is 1.34. The summed E-state index contributed by atoms with van der Waals surface area (Å²) in [7, 11) is 4.33. The normalized spacial score (nSPS) is 29.1. The summed E-state index contributed by atoms with van der Waals surface area (Å²) in [5.74, 6) is 0. The van der Waals surface area contributed by atoms with Gasteiger partial charge in [0, 0.05) is 52.4 Å². The van der Waals surface area contributed by atoms with Crippen LogP contribution in [0.3, 0.4) is 0 Å². The van der Waals surface area contributed by atoms with Gasteiger partial charge in [-0.3, -0.25) is 4.90 Å². The lowest BCUT2D eigenvalue weighted by Crippen LogP contribution is -2.53. The quantitative estimate of drug-likeness (QED) is 0.765. The van der Waals surface area contributed by atoms with Crippen molar-refractivity contribution in [3.63, 3.8) is 0 Å². The molecule has 1 unspecified atom stereocenters. The van der Waals surface area contributed by atoms with E-state index in [1.54, 1.807) is 0 Å². The molecule has 21 heavy (non-hydrogen) atoms. The van der Waals surface area contributed by atoms with Crippen molar-refractivity contribution in [2.75, 3.05) is 73.0 Å². The van der Waals surface area contributed by atoms with Gasteiger partial charge < -0.3 is 15.1 Å². The standard InChI is InChI=1S/C17H36N4/c1-4-6-17(7-5-8-18-15-17)16-21-13-11-20(12-14-21)10-9-19(2)3/h18H,4-16H2,1-3H3. The van der Waals surface area contributed by atoms with Crippen LogP contribution in [0.4, 0.5) is 0 Å². The second-order valence-corrected chi connectivity index (χ2v) is 7.45. The van der Waals surface area contributed by atoms with Gasteiger partial charge in [-0.15, -0.1) is 0 Å². The summed E-state index contributed by atoms with van der Waals surface area (Å²) in [5, 5.41) is 3.65. The van der Waals surface area contributed by atoms with Gasteiger partial charge in [0.25, 0.3) is 0 Å². The summed E-state index contributed by atoms with van der Waals surface area (Å²) < 4.78 is 0. The topological polar surface area (TPSA) is 21.8 Å². The number of piperazine rings is 1. The third kappa shape index (κ3) is 5.51. The van der Waals surface area contributed by atoms with Crippen molar-refractivity contribution in [2.45, 2.75) is 32.6 Å². The van der Waals surface area contributed by atoms with Gasteiger partial charge >= 0.3 is 0 Å². The molecule has 2 heterocycles. The van der Waals surface area contributed by atoms with E-state index in [-0.39, 0.29) is 0 Å². The highest BCUT2D eigenvalue weighted by atomic mass is 15.3. The first kappa shape index (κ1) is 17.2. The number of nitrogens with zero attached hydrogens (tertiary/aromatic N) is 3. The van der Waals surface area contributed by atoms with E-state index in [2.05, 4.69) is 41.0 Å². The maximum absolute atomic E-state index is 3.65. The molecule has 4 nitrogen and oxygen atoms in total. The molecule has 0 aliphatic carbocycles. The van der Waals surface area contributed by atoms with E-state index < -0.39 is 0 Å². The van der Waals surface area contributed by atoms with Crippen LogP contribution in [-0.2, 0) is 0 Å². The van der Waals surface area contributed by atoms with Crippen molar-refractivity contribution in [3.8, 4) is 0 Å². The molecule has 2 rings (SSSR count). The Bertz CT molecular complexity index is 273. The fraction of sp³-hybridized carbons (Fsp3) is 1.00. The van der Waals surface area contributed by atoms with Crippen molar-refractivity contribution in [3.05, 3.63) is 0 Å². The van der Waals surface area contributed by atoms with Crippen LogP contribution in [-0.4, -0.2) is 87.7 Å². The molecule has 2 aliphatic heterocycles. The Labute approximate surface area is 131 Å². The average Bonchev–Trinajstić information content (AvgIpc) is 2.47. The van der Waals surface area contributed by atoms with Crippen LogP contribution in [0.15, 0.2) is 0 Å². The minimum absolute atomic E-state index is 0.554. The van der Waals surface area contributed by atoms with Crippen molar-refractivity contribution < 1.29 is 0 Å². The number of piperidine rings is 1. The molecular weight excluding hydrogens is 260 g/mol. The van der Waals surface area contributed by atoms with Crippen LogP contribution in [0.5, 0.6) is 0 Å². The highest BCUT2D eigenvalue weighted by molar-refractivity contribution is 4.89. The molecule has 0 saturated carbocycles. The third-order valence-electron chi connectivity index (χ3n) is 5.23. The summed E-state index contributed by atoms with van der Waals surface area (Å²) >= 11 is 0. The number of likely N-dealkylation sites (N-methyl/N-ethyl adjacent to an activating group) is 1. The number of hydrogen-bond donors (Lipinski definition) is 1. The summed E-state index contributed by atoms with van der Waals surface area (Å²) in [6.07, 6.45) is 5.50. The SMILES string of the molecule is CCCC1(CN2CCN(CCN(C)C)CC2)CCCNC1. The summed E-state index contributed by atoms with van der Waals surface area (Å²) in [5.41, 5.74) is 0.554. The molecule has 0 aromatic heterocycles. The maximum Gasteiger partial charge on any atom is 0.0110 e. The molecule has 0 aromatic rings. The molecule has 0 amide bonds. The predicted molar refractivity (Wildman–Crippen MR) is 90.9 cm³/mol. The van der Waals surface area contributed by atoms with Crippen molar-refractivity contribution >= 4 is 0 Å². The van der Waals surface area contributed by atoms with Gasteiger partial charge in [0.2, 0.25) is 0 Å². The van der Waals surface area contributed by atoms with E-state index >= 15 is 0 Å². The molecule has 2 fully saturated rings. The number of rotatable bonds is 7. The highest BCUT2D eigenvalue weighted by Gasteiger charge is 2.33. The highest BCUT2D eigenvalue weighted by Crippen LogP contribution is 2.32. The molecule has 0 bridgehead atoms. The lowest BCUT2D eigenvalue weighted by molar-refractivity contribution is 0.0621. The van der Waals surface area contributed by atoms with Crippen LogP contribution >= 0.6 is 0 Å². The molecule has 0 aromatic carbocycles. The van der Waals surface area contributed by atoms with Gasteiger partial charge in [-0.1, -0.05) is 13.3 Å². The minimum atomic E-state index is 0.554. The van der Waals surface area contributed by atoms with Gasteiger partial charge in [0.15, 0.2) is 0 Å². The Hall–Kier alpha value is -0.160. The van der Waals surface area contributed by atoms with Gasteiger partial charge in [-0.25, -0.2) is 0 Å². The van der Waals surface area contributed by atoms with E-state index in [4.69, 9.17) is 0 Å². The summed E-state index contributed by atoms with van der Waals surface area (Å²) in [4.78, 5) is 7.65. The Morgan fingerprint density at radius 2 is 1.81 bits per heavy atom. The second kappa shape index (κ2) is 8.47. The van der Waals surface area contributed by atoms with Gasteiger partial charge in [-0.05, 0) is 45.3 Å². The van der Waals surface area contributed by atoms with E-state index in [0.717, 1.165) is 0 Å². The molecule has 0 spiro atoms. The number of nitrogens with one attached hydrogen (secondary N) is 1. The first-order valence-corrected chi connectivity index (χ1v) is 8.94. The Morgan fingerprint density at radius 1 is 1.10 bits per heavy atom. The molecule has 2 aliphatic rings. The van der Waals surface area contributed by atoms with Crippen molar-refractivity contribution in [1.82, 2.24) is 20.0 Å². The molecule has 2 saturated heterocycles. The Kier molecular flexibility index (Phi) is 6.93. The second-order valence-electron chi connectivity index (χ2n) is 7.45. The van der Waals surface area contributed by atoms with Crippen molar-refractivity contribution in [1.29, 1.82) is 0 Å². The fourth-order valence-electron chi connectivity index (χ4n) is 3.97. The summed E-state index contributed by atoms with van der Waals surface area (Å²) in [6.45, 7) is 13.6. The van der Waals surface area contributed by atoms with Gasteiger partial charge in [-0.2, -0.15) is 0 Å². The van der Waals surface area contributed by atoms with E-state index in [1.165, 1.54) is 84.6 Å². The fourth-order valence-corrected chi connectivity index (χ4v) is 3.97. The average molecular weight is 297 g/mol. The Balaban J connectivity index is 1.76. The maximum atomic E-state index is 3.65. The van der Waals surface area contributed by atoms with Crippen LogP contribution in [0.1, 0.15) is 32.6 Å². The zero-order chi connectivity index (χ0) is 15.1. The monoisotopic (exact) mass is 296 g/mol. The Morgan fingerprint density at radius 3 is 2.38 bits per heavy atom. The van der Waals surface area contributed by atoms with E-state index in [0.29, 0.717) is 5.41 Å². The van der Waals surface area contributed by atoms with E-state index in [1.807, 2.05) is 0 Å². The van der Waals surface area contributed by atoms with Crippen LogP contribution < -0.4 is 5.32 Å². The van der Waals surface area contributed by atoms with Gasteiger partial charge in [0.1, 0.15) is 0 Å². The number of hydrogen-bond acceptors (Lipinski definition) is 4. The van der Waals surface area contributed by atoms with Gasteiger partial charge in [0.05, 0.1) is 0 Å². The molecule has 4 heteroatoms. The van der Waals surface area contributed by atoms with Crippen LogP contribution in [0.2, 0.25) is 0 Å². The molecular formula is C17H36N4. The zero-order valence-corrected chi connectivity index (χ0v) is 14.5. The molecule has 1 N–H and O–H groups in total. The summed E-state index contributed by atoms with van der Waals surface area (Å²) in [6, 6.07) is 0. The lowest BCUT2D eigenvalue weighted by Gasteiger charge is -2.44.